The van der Waals surface area contributed by atoms with Crippen LogP contribution in [0.15, 0.2) is 67.0 Å². The molecule has 1 amide bonds. The van der Waals surface area contributed by atoms with Crippen molar-refractivity contribution in [2.24, 2.45) is 0 Å². The number of fused-ring (bicyclic) bond motifs is 1. The molecule has 0 N–H and O–H groups in total. The summed E-state index contributed by atoms with van der Waals surface area (Å²) in [5.74, 6) is 0.0550. The van der Waals surface area contributed by atoms with Gasteiger partial charge in [-0.05, 0) is 55.3 Å². The highest BCUT2D eigenvalue weighted by atomic mass is 16.2. The first-order chi connectivity index (χ1) is 14.3. The molecule has 0 saturated carbocycles. The third-order valence-corrected chi connectivity index (χ3v) is 5.12. The Bertz CT molecular complexity index is 1170. The van der Waals surface area contributed by atoms with E-state index >= 15 is 0 Å². The number of amides is 1. The summed E-state index contributed by atoms with van der Waals surface area (Å²) in [5, 5.41) is 0. The van der Waals surface area contributed by atoms with Gasteiger partial charge in [-0.1, -0.05) is 12.1 Å². The molecule has 6 nitrogen and oxygen atoms in total. The molecule has 0 bridgehead atoms. The van der Waals surface area contributed by atoms with E-state index in [0.717, 1.165) is 42.8 Å². The molecule has 0 radical (unpaired) electrons. The van der Waals surface area contributed by atoms with Crippen LogP contribution in [0.25, 0.3) is 33.8 Å². The summed E-state index contributed by atoms with van der Waals surface area (Å²) in [4.78, 5) is 33.3. The zero-order valence-electron chi connectivity index (χ0n) is 15.8. The van der Waals surface area contributed by atoms with Gasteiger partial charge in [0.05, 0.1) is 22.4 Å². The van der Waals surface area contributed by atoms with Gasteiger partial charge in [0.25, 0.3) is 5.91 Å². The van der Waals surface area contributed by atoms with E-state index in [9.17, 15) is 4.79 Å². The number of likely N-dealkylation sites (tertiary alicyclic amines) is 1. The molecule has 0 unspecified atom stereocenters. The van der Waals surface area contributed by atoms with Crippen LogP contribution in [0.4, 0.5) is 0 Å². The van der Waals surface area contributed by atoms with E-state index in [1.807, 2.05) is 59.5 Å². The molecule has 3 aromatic heterocycles. The quantitative estimate of drug-likeness (QED) is 0.537. The van der Waals surface area contributed by atoms with Crippen LogP contribution in [0.2, 0.25) is 0 Å². The lowest BCUT2D eigenvalue weighted by Crippen LogP contribution is -2.27. The Morgan fingerprint density at radius 1 is 0.759 bits per heavy atom. The minimum atomic E-state index is 0.0550. The summed E-state index contributed by atoms with van der Waals surface area (Å²) < 4.78 is 0. The molecule has 1 aromatic carbocycles. The van der Waals surface area contributed by atoms with E-state index in [2.05, 4.69) is 9.97 Å². The molecule has 0 atom stereocenters. The molecular weight excluding hydrogens is 362 g/mol. The first-order valence-corrected chi connectivity index (χ1v) is 9.73. The van der Waals surface area contributed by atoms with Crippen LogP contribution in [0.5, 0.6) is 0 Å². The molecule has 4 aromatic rings. The van der Waals surface area contributed by atoms with Gasteiger partial charge < -0.3 is 4.90 Å². The Morgan fingerprint density at radius 3 is 1.97 bits per heavy atom. The van der Waals surface area contributed by atoms with Crippen LogP contribution < -0.4 is 0 Å². The number of carbonyl (C=O) groups excluding carboxylic acids is 1. The maximum absolute atomic E-state index is 12.8. The second-order valence-electron chi connectivity index (χ2n) is 7.05. The van der Waals surface area contributed by atoms with Crippen LogP contribution in [0.1, 0.15) is 23.2 Å². The topological polar surface area (TPSA) is 71.9 Å². The van der Waals surface area contributed by atoms with E-state index in [1.165, 1.54) is 0 Å². The Morgan fingerprint density at radius 2 is 1.38 bits per heavy atom. The standard InChI is InChI=1S/C23H19N5O/c29-23(28-13-5-6-14-28)16-9-10-17-20(15-16)27-22(19-8-2-4-12-25-19)21(26-17)18-7-1-3-11-24-18/h1-4,7-12,15H,5-6,13-14H2. The molecule has 29 heavy (non-hydrogen) atoms. The van der Waals surface area contributed by atoms with Gasteiger partial charge in [-0.2, -0.15) is 0 Å². The summed E-state index contributed by atoms with van der Waals surface area (Å²) in [6.45, 7) is 1.64. The van der Waals surface area contributed by atoms with Crippen molar-refractivity contribution in [1.29, 1.82) is 0 Å². The van der Waals surface area contributed by atoms with Gasteiger partial charge in [0, 0.05) is 31.0 Å². The molecule has 6 heteroatoms. The number of nitrogens with zero attached hydrogens (tertiary/aromatic N) is 5. The molecule has 1 saturated heterocycles. The minimum Gasteiger partial charge on any atom is -0.339 e. The lowest BCUT2D eigenvalue weighted by atomic mass is 10.1. The van der Waals surface area contributed by atoms with E-state index in [0.29, 0.717) is 22.5 Å². The second-order valence-corrected chi connectivity index (χ2v) is 7.05. The highest BCUT2D eigenvalue weighted by Crippen LogP contribution is 2.29. The number of hydrogen-bond donors (Lipinski definition) is 0. The predicted molar refractivity (Wildman–Crippen MR) is 111 cm³/mol. The summed E-state index contributed by atoms with van der Waals surface area (Å²) in [7, 11) is 0. The molecule has 4 heterocycles. The number of pyridine rings is 2. The maximum atomic E-state index is 12.8. The minimum absolute atomic E-state index is 0.0550. The Labute approximate surface area is 168 Å². The lowest BCUT2D eigenvalue weighted by molar-refractivity contribution is 0.0793. The third kappa shape index (κ3) is 3.33. The number of hydrogen-bond acceptors (Lipinski definition) is 5. The average molecular weight is 381 g/mol. The van der Waals surface area contributed by atoms with Crippen molar-refractivity contribution >= 4 is 16.9 Å². The fraction of sp³-hybridized carbons (Fsp3) is 0.174. The van der Waals surface area contributed by atoms with Crippen LogP contribution in [-0.2, 0) is 0 Å². The monoisotopic (exact) mass is 381 g/mol. The van der Waals surface area contributed by atoms with Gasteiger partial charge in [0.1, 0.15) is 11.4 Å². The smallest absolute Gasteiger partial charge is 0.253 e. The van der Waals surface area contributed by atoms with Crippen molar-refractivity contribution in [3.05, 3.63) is 72.6 Å². The third-order valence-electron chi connectivity index (χ3n) is 5.12. The van der Waals surface area contributed by atoms with Crippen molar-refractivity contribution in [2.75, 3.05) is 13.1 Å². The van der Waals surface area contributed by atoms with Crippen LogP contribution in [-0.4, -0.2) is 43.8 Å². The van der Waals surface area contributed by atoms with Crippen molar-refractivity contribution < 1.29 is 4.79 Å². The fourth-order valence-corrected chi connectivity index (χ4v) is 3.65. The number of rotatable bonds is 3. The van der Waals surface area contributed by atoms with Gasteiger partial charge in [0.15, 0.2) is 0 Å². The maximum Gasteiger partial charge on any atom is 0.253 e. The fourth-order valence-electron chi connectivity index (χ4n) is 3.65. The van der Waals surface area contributed by atoms with Gasteiger partial charge in [0.2, 0.25) is 0 Å². The van der Waals surface area contributed by atoms with E-state index in [4.69, 9.17) is 9.97 Å². The van der Waals surface area contributed by atoms with Gasteiger partial charge >= 0.3 is 0 Å². The van der Waals surface area contributed by atoms with E-state index in [1.54, 1.807) is 12.4 Å². The first kappa shape index (κ1) is 17.4. The molecular formula is C23H19N5O. The lowest BCUT2D eigenvalue weighted by Gasteiger charge is -2.15. The Hall–Kier alpha value is -3.67. The molecule has 1 aliphatic rings. The van der Waals surface area contributed by atoms with Gasteiger partial charge in [-0.3, -0.25) is 14.8 Å². The van der Waals surface area contributed by atoms with E-state index in [-0.39, 0.29) is 5.91 Å². The number of aromatic nitrogens is 4. The van der Waals surface area contributed by atoms with Crippen molar-refractivity contribution in [3.63, 3.8) is 0 Å². The highest BCUT2D eigenvalue weighted by Gasteiger charge is 2.21. The molecule has 142 valence electrons. The molecule has 0 spiro atoms. The summed E-state index contributed by atoms with van der Waals surface area (Å²) >= 11 is 0. The largest absolute Gasteiger partial charge is 0.339 e. The van der Waals surface area contributed by atoms with Gasteiger partial charge in [-0.15, -0.1) is 0 Å². The molecule has 1 aliphatic heterocycles. The Balaban J connectivity index is 1.67. The predicted octanol–water partition coefficient (Wildman–Crippen LogP) is 3.99. The average Bonchev–Trinajstić information content (AvgIpc) is 3.33. The van der Waals surface area contributed by atoms with Gasteiger partial charge in [-0.25, -0.2) is 9.97 Å². The first-order valence-electron chi connectivity index (χ1n) is 9.73. The normalized spacial score (nSPS) is 13.7. The number of carbonyl (C=O) groups is 1. The van der Waals surface area contributed by atoms with Crippen molar-refractivity contribution in [1.82, 2.24) is 24.8 Å². The summed E-state index contributed by atoms with van der Waals surface area (Å²) in [6.07, 6.45) is 5.60. The van der Waals surface area contributed by atoms with Crippen LogP contribution >= 0.6 is 0 Å². The molecule has 5 rings (SSSR count). The van der Waals surface area contributed by atoms with E-state index < -0.39 is 0 Å². The highest BCUT2D eigenvalue weighted by molar-refractivity contribution is 5.98. The SMILES string of the molecule is O=C(c1ccc2nc(-c3ccccn3)c(-c3ccccn3)nc2c1)N1CCCC1. The summed E-state index contributed by atoms with van der Waals surface area (Å²) in [5.41, 5.74) is 4.83. The molecule has 0 aliphatic carbocycles. The zero-order chi connectivity index (χ0) is 19.6. The van der Waals surface area contributed by atoms with Crippen molar-refractivity contribution in [2.45, 2.75) is 12.8 Å². The number of benzene rings is 1. The van der Waals surface area contributed by atoms with Crippen molar-refractivity contribution in [3.8, 4) is 22.8 Å². The van der Waals surface area contributed by atoms with Crippen LogP contribution in [0.3, 0.4) is 0 Å². The summed E-state index contributed by atoms with van der Waals surface area (Å²) in [6, 6.07) is 16.9. The Kier molecular flexibility index (Phi) is 4.44. The zero-order valence-corrected chi connectivity index (χ0v) is 15.8. The molecule has 1 fully saturated rings. The second kappa shape index (κ2) is 7.39. The van der Waals surface area contributed by atoms with Crippen LogP contribution in [0, 0.1) is 0 Å².